The van der Waals surface area contributed by atoms with Crippen LogP contribution in [0.25, 0.3) is 5.52 Å². The Morgan fingerprint density at radius 2 is 2.00 bits per heavy atom. The topological polar surface area (TPSA) is 45.5 Å². The highest BCUT2D eigenvalue weighted by atomic mass is 19.1. The van der Waals surface area contributed by atoms with E-state index in [2.05, 4.69) is 26.4 Å². The first kappa shape index (κ1) is 14.9. The van der Waals surface area contributed by atoms with Gasteiger partial charge in [-0.15, -0.1) is 0 Å². The molecule has 1 saturated heterocycles. The molecule has 124 valence electrons. The Labute approximate surface area is 140 Å². The van der Waals surface area contributed by atoms with Crippen molar-refractivity contribution in [2.24, 2.45) is 0 Å². The van der Waals surface area contributed by atoms with Crippen LogP contribution < -0.4 is 10.2 Å². The monoisotopic (exact) mass is 325 g/mol. The normalized spacial score (nSPS) is 15.8. The van der Waals surface area contributed by atoms with Gasteiger partial charge in [-0.25, -0.2) is 13.9 Å². The van der Waals surface area contributed by atoms with Crippen molar-refractivity contribution < 1.29 is 4.39 Å². The maximum Gasteiger partial charge on any atom is 0.154 e. The number of hydrogen-bond acceptors (Lipinski definition) is 4. The molecular formula is C18H20FN5. The first-order valence-electron chi connectivity index (χ1n) is 8.28. The molecule has 3 heterocycles. The van der Waals surface area contributed by atoms with E-state index in [1.54, 1.807) is 18.3 Å². The summed E-state index contributed by atoms with van der Waals surface area (Å²) in [5.41, 5.74) is 2.61. The zero-order valence-electron chi connectivity index (χ0n) is 13.6. The van der Waals surface area contributed by atoms with Crippen LogP contribution in [0.3, 0.4) is 0 Å². The first-order chi connectivity index (χ1) is 11.7. The molecule has 0 aliphatic carbocycles. The van der Waals surface area contributed by atoms with Crippen LogP contribution in [0.4, 0.5) is 15.9 Å². The van der Waals surface area contributed by atoms with Gasteiger partial charge in [0.15, 0.2) is 5.82 Å². The fraction of sp³-hybridized carbons (Fsp3) is 0.333. The van der Waals surface area contributed by atoms with E-state index in [1.807, 2.05) is 23.7 Å². The Bertz CT molecular complexity index is 851. The Kier molecular flexibility index (Phi) is 3.80. The summed E-state index contributed by atoms with van der Waals surface area (Å²) in [5.74, 6) is 0.781. The predicted octanol–water partition coefficient (Wildman–Crippen LogP) is 3.26. The van der Waals surface area contributed by atoms with Gasteiger partial charge in [-0.2, -0.15) is 5.10 Å². The van der Waals surface area contributed by atoms with Crippen molar-refractivity contribution in [1.29, 1.82) is 0 Å². The van der Waals surface area contributed by atoms with E-state index >= 15 is 0 Å². The average Bonchev–Trinajstić information content (AvgIpc) is 2.98. The number of aromatic nitrogens is 3. The minimum Gasteiger partial charge on any atom is -0.380 e. The van der Waals surface area contributed by atoms with Gasteiger partial charge in [-0.05, 0) is 38.0 Å². The molecule has 1 aliphatic heterocycles. The van der Waals surface area contributed by atoms with Gasteiger partial charge in [0.05, 0.1) is 11.4 Å². The Balaban J connectivity index is 1.47. The standard InChI is InChI=1S/C18H20FN5/c1-13-12-17-18(20-8-11-24(17)22-13)23-9-6-14(7-10-23)21-16-5-3-2-4-15(16)19/h2-5,8,11-12,14,21H,6-7,9-10H2,1H3. The van der Waals surface area contributed by atoms with Gasteiger partial charge in [0.2, 0.25) is 0 Å². The summed E-state index contributed by atoms with van der Waals surface area (Å²) in [6.07, 6.45) is 5.56. The molecule has 1 aliphatic rings. The van der Waals surface area contributed by atoms with Gasteiger partial charge >= 0.3 is 0 Å². The summed E-state index contributed by atoms with van der Waals surface area (Å²) in [7, 11) is 0. The maximum atomic E-state index is 13.8. The number of benzene rings is 1. The number of aryl methyl sites for hydroxylation is 1. The molecule has 0 amide bonds. The van der Waals surface area contributed by atoms with Crippen LogP contribution in [0.15, 0.2) is 42.7 Å². The Morgan fingerprint density at radius 1 is 1.21 bits per heavy atom. The zero-order chi connectivity index (χ0) is 16.5. The van der Waals surface area contributed by atoms with Gasteiger partial charge in [0.25, 0.3) is 0 Å². The van der Waals surface area contributed by atoms with Crippen LogP contribution in [0.5, 0.6) is 0 Å². The summed E-state index contributed by atoms with van der Waals surface area (Å²) in [6.45, 7) is 3.77. The molecule has 0 radical (unpaired) electrons. The van der Waals surface area contributed by atoms with Crippen LogP contribution in [-0.4, -0.2) is 33.7 Å². The number of nitrogens with one attached hydrogen (secondary N) is 1. The second-order valence-corrected chi connectivity index (χ2v) is 6.25. The van der Waals surface area contributed by atoms with Gasteiger partial charge in [-0.3, -0.25) is 0 Å². The lowest BCUT2D eigenvalue weighted by Crippen LogP contribution is -2.39. The number of rotatable bonds is 3. The third-order valence-electron chi connectivity index (χ3n) is 4.52. The number of fused-ring (bicyclic) bond motifs is 1. The molecule has 3 aromatic rings. The molecule has 0 unspecified atom stereocenters. The summed E-state index contributed by atoms with van der Waals surface area (Å²) >= 11 is 0. The van der Waals surface area contributed by atoms with Gasteiger partial charge in [0.1, 0.15) is 11.3 Å². The van der Waals surface area contributed by atoms with E-state index in [4.69, 9.17) is 0 Å². The summed E-state index contributed by atoms with van der Waals surface area (Å²) in [4.78, 5) is 6.84. The first-order valence-corrected chi connectivity index (χ1v) is 8.28. The minimum atomic E-state index is -0.193. The highest BCUT2D eigenvalue weighted by molar-refractivity contribution is 5.69. The number of hydrogen-bond donors (Lipinski definition) is 1. The molecule has 0 saturated carbocycles. The highest BCUT2D eigenvalue weighted by Gasteiger charge is 2.22. The lowest BCUT2D eigenvalue weighted by molar-refractivity contribution is 0.520. The van der Waals surface area contributed by atoms with Crippen molar-refractivity contribution in [2.75, 3.05) is 23.3 Å². The molecule has 2 aromatic heterocycles. The van der Waals surface area contributed by atoms with Gasteiger partial charge in [0, 0.05) is 31.5 Å². The maximum absolute atomic E-state index is 13.8. The van der Waals surface area contributed by atoms with Crippen LogP contribution in [0.2, 0.25) is 0 Å². The third kappa shape index (κ3) is 2.79. The zero-order valence-corrected chi connectivity index (χ0v) is 13.6. The molecule has 0 atom stereocenters. The summed E-state index contributed by atoms with van der Waals surface area (Å²) in [5, 5.41) is 7.77. The van der Waals surface area contributed by atoms with Gasteiger partial charge < -0.3 is 10.2 Å². The van der Waals surface area contributed by atoms with E-state index in [0.29, 0.717) is 5.69 Å². The summed E-state index contributed by atoms with van der Waals surface area (Å²) < 4.78 is 15.6. The van der Waals surface area contributed by atoms with Crippen molar-refractivity contribution in [3.05, 3.63) is 54.2 Å². The van der Waals surface area contributed by atoms with Crippen molar-refractivity contribution in [3.63, 3.8) is 0 Å². The third-order valence-corrected chi connectivity index (χ3v) is 4.52. The smallest absolute Gasteiger partial charge is 0.154 e. The van der Waals surface area contributed by atoms with Crippen LogP contribution in [0, 0.1) is 12.7 Å². The average molecular weight is 325 g/mol. The van der Waals surface area contributed by atoms with Crippen molar-refractivity contribution in [1.82, 2.24) is 14.6 Å². The second-order valence-electron chi connectivity index (χ2n) is 6.25. The van der Waals surface area contributed by atoms with Crippen molar-refractivity contribution >= 4 is 17.0 Å². The fourth-order valence-corrected chi connectivity index (χ4v) is 3.31. The Morgan fingerprint density at radius 3 is 2.79 bits per heavy atom. The molecular weight excluding hydrogens is 305 g/mol. The highest BCUT2D eigenvalue weighted by Crippen LogP contribution is 2.25. The van der Waals surface area contributed by atoms with E-state index in [-0.39, 0.29) is 11.9 Å². The number of anilines is 2. The van der Waals surface area contributed by atoms with Crippen LogP contribution in [0.1, 0.15) is 18.5 Å². The molecule has 0 spiro atoms. The molecule has 24 heavy (non-hydrogen) atoms. The lowest BCUT2D eigenvalue weighted by Gasteiger charge is -2.33. The lowest BCUT2D eigenvalue weighted by atomic mass is 10.0. The quantitative estimate of drug-likeness (QED) is 0.803. The van der Waals surface area contributed by atoms with E-state index in [1.165, 1.54) is 6.07 Å². The van der Waals surface area contributed by atoms with Crippen LogP contribution in [-0.2, 0) is 0 Å². The van der Waals surface area contributed by atoms with Crippen molar-refractivity contribution in [3.8, 4) is 0 Å². The number of para-hydroxylation sites is 1. The molecule has 1 N–H and O–H groups in total. The molecule has 0 bridgehead atoms. The van der Waals surface area contributed by atoms with Crippen LogP contribution >= 0.6 is 0 Å². The molecule has 4 rings (SSSR count). The molecule has 5 nitrogen and oxygen atoms in total. The molecule has 1 aromatic carbocycles. The summed E-state index contributed by atoms with van der Waals surface area (Å²) in [6, 6.07) is 9.19. The van der Waals surface area contributed by atoms with Gasteiger partial charge in [-0.1, -0.05) is 12.1 Å². The second kappa shape index (κ2) is 6.11. The molecule has 1 fully saturated rings. The minimum absolute atomic E-state index is 0.193. The van der Waals surface area contributed by atoms with Crippen molar-refractivity contribution in [2.45, 2.75) is 25.8 Å². The largest absolute Gasteiger partial charge is 0.380 e. The molecule has 6 heteroatoms. The van der Waals surface area contributed by atoms with E-state index < -0.39 is 0 Å². The number of piperidine rings is 1. The fourth-order valence-electron chi connectivity index (χ4n) is 3.31. The SMILES string of the molecule is Cc1cc2c(N3CCC(Nc4ccccc4F)CC3)nccn2n1. The number of nitrogens with zero attached hydrogens (tertiary/aromatic N) is 4. The van der Waals surface area contributed by atoms with E-state index in [9.17, 15) is 4.39 Å². The van der Waals surface area contributed by atoms with E-state index in [0.717, 1.165) is 43.0 Å². The number of halogens is 1. The Hall–Kier alpha value is -2.63. The predicted molar refractivity (Wildman–Crippen MR) is 93.0 cm³/mol.